The zero-order valence-corrected chi connectivity index (χ0v) is 15.0. The van der Waals surface area contributed by atoms with Crippen molar-refractivity contribution in [3.8, 4) is 17.2 Å². The van der Waals surface area contributed by atoms with E-state index in [1.807, 2.05) is 6.92 Å². The Labute approximate surface area is 151 Å². The molecule has 0 aliphatic heterocycles. The molecule has 2 aromatic carbocycles. The van der Waals surface area contributed by atoms with Crippen molar-refractivity contribution >= 4 is 23.7 Å². The molecule has 1 N–H and O–H groups in total. The van der Waals surface area contributed by atoms with Crippen LogP contribution in [0.25, 0.3) is 0 Å². The number of hydrogen-bond donors (Lipinski definition) is 1. The van der Waals surface area contributed by atoms with E-state index in [4.69, 9.17) is 25.8 Å². The highest BCUT2D eigenvalue weighted by Crippen LogP contribution is 2.38. The summed E-state index contributed by atoms with van der Waals surface area (Å²) < 4.78 is 16.2. The normalized spacial score (nSPS) is 10.6. The minimum absolute atomic E-state index is 0.350. The first-order chi connectivity index (χ1) is 12.1. The highest BCUT2D eigenvalue weighted by atomic mass is 35.5. The van der Waals surface area contributed by atoms with Gasteiger partial charge in [-0.25, -0.2) is 5.43 Å². The lowest BCUT2D eigenvalue weighted by Crippen LogP contribution is -2.17. The van der Waals surface area contributed by atoms with E-state index >= 15 is 0 Å². The number of carbonyl (C=O) groups is 1. The predicted octanol–water partition coefficient (Wildman–Crippen LogP) is 3.52. The number of hydrogen-bond acceptors (Lipinski definition) is 5. The number of nitrogens with one attached hydrogen (secondary N) is 1. The molecule has 0 aliphatic carbocycles. The van der Waals surface area contributed by atoms with Gasteiger partial charge < -0.3 is 14.2 Å². The number of methoxy groups -OCH3 is 2. The van der Waals surface area contributed by atoms with Gasteiger partial charge in [0, 0.05) is 5.56 Å². The van der Waals surface area contributed by atoms with E-state index in [1.54, 1.807) is 36.4 Å². The molecule has 2 rings (SSSR count). The fourth-order valence-electron chi connectivity index (χ4n) is 2.13. The van der Waals surface area contributed by atoms with Gasteiger partial charge in [0.05, 0.1) is 37.6 Å². The van der Waals surface area contributed by atoms with Crippen molar-refractivity contribution in [3.63, 3.8) is 0 Å². The van der Waals surface area contributed by atoms with Gasteiger partial charge in [-0.2, -0.15) is 5.10 Å². The second kappa shape index (κ2) is 8.94. The number of benzene rings is 2. The van der Waals surface area contributed by atoms with Gasteiger partial charge >= 0.3 is 0 Å². The Morgan fingerprint density at radius 1 is 1.20 bits per heavy atom. The molecule has 1 amide bonds. The Kier molecular flexibility index (Phi) is 6.65. The Morgan fingerprint density at radius 2 is 1.84 bits per heavy atom. The number of rotatable bonds is 7. The van der Waals surface area contributed by atoms with Crippen molar-refractivity contribution in [1.82, 2.24) is 5.43 Å². The standard InChI is InChI=1S/C18H19ClN2O4/c1-4-25-17-15(23-2)9-12(10-16(17)24-3)11-20-21-18(22)13-7-5-6-8-14(13)19/h5-11H,4H2,1-3H3,(H,21,22)/b20-11-. The smallest absolute Gasteiger partial charge is 0.272 e. The van der Waals surface area contributed by atoms with Gasteiger partial charge in [-0.3, -0.25) is 4.79 Å². The topological polar surface area (TPSA) is 69.2 Å². The fraction of sp³-hybridized carbons (Fsp3) is 0.222. The Hall–Kier alpha value is -2.73. The summed E-state index contributed by atoms with van der Waals surface area (Å²) in [6.45, 7) is 2.35. The van der Waals surface area contributed by atoms with Crippen LogP contribution in [0.4, 0.5) is 0 Å². The van der Waals surface area contributed by atoms with Gasteiger partial charge in [0.2, 0.25) is 5.75 Å². The summed E-state index contributed by atoms with van der Waals surface area (Å²) in [6, 6.07) is 10.2. The van der Waals surface area contributed by atoms with Crippen molar-refractivity contribution in [2.75, 3.05) is 20.8 Å². The SMILES string of the molecule is CCOc1c(OC)cc(/C=N\NC(=O)c2ccccc2Cl)cc1OC. The van der Waals surface area contributed by atoms with Crippen LogP contribution in [0.1, 0.15) is 22.8 Å². The van der Waals surface area contributed by atoms with E-state index in [2.05, 4.69) is 10.5 Å². The van der Waals surface area contributed by atoms with Gasteiger partial charge in [0.1, 0.15) is 0 Å². The van der Waals surface area contributed by atoms with Crippen molar-refractivity contribution < 1.29 is 19.0 Å². The van der Waals surface area contributed by atoms with Crippen LogP contribution in [0.3, 0.4) is 0 Å². The highest BCUT2D eigenvalue weighted by molar-refractivity contribution is 6.33. The maximum absolute atomic E-state index is 12.1. The number of amides is 1. The van der Waals surface area contributed by atoms with E-state index in [9.17, 15) is 4.79 Å². The van der Waals surface area contributed by atoms with E-state index in [-0.39, 0.29) is 0 Å². The van der Waals surface area contributed by atoms with Gasteiger partial charge in [0.15, 0.2) is 11.5 Å². The molecule has 0 unspecified atom stereocenters. The Bertz CT molecular complexity index is 752. The van der Waals surface area contributed by atoms with E-state index in [1.165, 1.54) is 20.4 Å². The van der Waals surface area contributed by atoms with E-state index in [0.29, 0.717) is 40.0 Å². The average Bonchev–Trinajstić information content (AvgIpc) is 2.62. The summed E-state index contributed by atoms with van der Waals surface area (Å²) in [5.41, 5.74) is 3.46. The van der Waals surface area contributed by atoms with Gasteiger partial charge in [-0.1, -0.05) is 23.7 Å². The van der Waals surface area contributed by atoms with Crippen LogP contribution >= 0.6 is 11.6 Å². The van der Waals surface area contributed by atoms with Crippen LogP contribution in [-0.4, -0.2) is 32.9 Å². The van der Waals surface area contributed by atoms with Crippen molar-refractivity contribution in [2.24, 2.45) is 5.10 Å². The minimum atomic E-state index is -0.397. The van der Waals surface area contributed by atoms with Gasteiger partial charge in [-0.15, -0.1) is 0 Å². The maximum atomic E-state index is 12.1. The van der Waals surface area contributed by atoms with Crippen LogP contribution in [-0.2, 0) is 0 Å². The lowest BCUT2D eigenvalue weighted by Gasteiger charge is -2.14. The van der Waals surface area contributed by atoms with Crippen LogP contribution in [0.2, 0.25) is 5.02 Å². The summed E-state index contributed by atoms with van der Waals surface area (Å²) in [7, 11) is 3.08. The zero-order valence-electron chi connectivity index (χ0n) is 14.2. The molecule has 25 heavy (non-hydrogen) atoms. The molecule has 0 spiro atoms. The molecule has 0 saturated carbocycles. The Balaban J connectivity index is 2.18. The third-order valence-electron chi connectivity index (χ3n) is 3.27. The molecule has 0 aromatic heterocycles. The maximum Gasteiger partial charge on any atom is 0.272 e. The number of halogens is 1. The second-order valence-corrected chi connectivity index (χ2v) is 5.27. The molecule has 2 aromatic rings. The average molecular weight is 363 g/mol. The Morgan fingerprint density at radius 3 is 2.40 bits per heavy atom. The molecule has 0 atom stereocenters. The summed E-state index contributed by atoms with van der Waals surface area (Å²) >= 11 is 5.98. The van der Waals surface area contributed by atoms with Crippen LogP contribution in [0.5, 0.6) is 17.2 Å². The van der Waals surface area contributed by atoms with Crippen molar-refractivity contribution in [2.45, 2.75) is 6.92 Å². The number of hydrazone groups is 1. The molecule has 0 bridgehead atoms. The lowest BCUT2D eigenvalue weighted by molar-refractivity contribution is 0.0955. The number of ether oxygens (including phenoxy) is 3. The number of nitrogens with zero attached hydrogens (tertiary/aromatic N) is 1. The van der Waals surface area contributed by atoms with Crippen molar-refractivity contribution in [3.05, 3.63) is 52.5 Å². The number of carbonyl (C=O) groups excluding carboxylic acids is 1. The summed E-state index contributed by atoms with van der Waals surface area (Å²) in [4.78, 5) is 12.1. The third kappa shape index (κ3) is 4.64. The van der Waals surface area contributed by atoms with Crippen LogP contribution in [0.15, 0.2) is 41.5 Å². The first-order valence-electron chi connectivity index (χ1n) is 7.57. The minimum Gasteiger partial charge on any atom is -0.493 e. The fourth-order valence-corrected chi connectivity index (χ4v) is 2.35. The molecular formula is C18H19ClN2O4. The zero-order chi connectivity index (χ0) is 18.2. The molecule has 132 valence electrons. The summed E-state index contributed by atoms with van der Waals surface area (Å²) in [6.07, 6.45) is 1.48. The molecule has 0 saturated heterocycles. The predicted molar refractivity (Wildman–Crippen MR) is 97.2 cm³/mol. The molecule has 0 radical (unpaired) electrons. The molecule has 0 aliphatic rings. The van der Waals surface area contributed by atoms with Gasteiger partial charge in [0.25, 0.3) is 5.91 Å². The summed E-state index contributed by atoms with van der Waals surface area (Å²) in [5, 5.41) is 4.31. The van der Waals surface area contributed by atoms with Crippen LogP contribution in [0, 0.1) is 0 Å². The largest absolute Gasteiger partial charge is 0.493 e. The molecule has 0 heterocycles. The third-order valence-corrected chi connectivity index (χ3v) is 3.60. The van der Waals surface area contributed by atoms with E-state index < -0.39 is 5.91 Å². The quantitative estimate of drug-likeness (QED) is 0.604. The summed E-state index contributed by atoms with van der Waals surface area (Å²) in [5.74, 6) is 1.15. The van der Waals surface area contributed by atoms with E-state index in [0.717, 1.165) is 0 Å². The second-order valence-electron chi connectivity index (χ2n) is 4.87. The van der Waals surface area contributed by atoms with Crippen molar-refractivity contribution in [1.29, 1.82) is 0 Å². The molecule has 6 nitrogen and oxygen atoms in total. The monoisotopic (exact) mass is 362 g/mol. The van der Waals surface area contributed by atoms with Gasteiger partial charge in [-0.05, 0) is 31.2 Å². The lowest BCUT2D eigenvalue weighted by atomic mass is 10.2. The highest BCUT2D eigenvalue weighted by Gasteiger charge is 2.13. The molecule has 0 fully saturated rings. The van der Waals surface area contributed by atoms with Crippen LogP contribution < -0.4 is 19.6 Å². The first-order valence-corrected chi connectivity index (χ1v) is 7.95. The first kappa shape index (κ1) is 18.6. The molecule has 7 heteroatoms. The molecular weight excluding hydrogens is 344 g/mol.